The Morgan fingerprint density at radius 1 is 1.36 bits per heavy atom. The summed E-state index contributed by atoms with van der Waals surface area (Å²) < 4.78 is 46.6. The second-order valence-corrected chi connectivity index (χ2v) is 6.06. The summed E-state index contributed by atoms with van der Waals surface area (Å²) in [6.45, 7) is 0.767. The third-order valence-electron chi connectivity index (χ3n) is 4.46. The number of ether oxygens (including phenoxy) is 1. The number of nitrogens with zero attached hydrogens (tertiary/aromatic N) is 2. The largest absolute Gasteiger partial charge is 0.481 e. The van der Waals surface area contributed by atoms with Crippen LogP contribution in [0.15, 0.2) is 35.6 Å². The molecule has 0 saturated heterocycles. The van der Waals surface area contributed by atoms with E-state index in [2.05, 4.69) is 10.1 Å². The highest BCUT2D eigenvalue weighted by Gasteiger charge is 2.34. The Balaban J connectivity index is 2.08. The zero-order chi connectivity index (χ0) is 18.2. The van der Waals surface area contributed by atoms with Gasteiger partial charge < -0.3 is 9.94 Å². The van der Waals surface area contributed by atoms with Crippen LogP contribution in [0.3, 0.4) is 0 Å². The van der Waals surface area contributed by atoms with Crippen molar-refractivity contribution in [3.05, 3.63) is 58.5 Å². The summed E-state index contributed by atoms with van der Waals surface area (Å²) >= 11 is 0. The van der Waals surface area contributed by atoms with Crippen molar-refractivity contribution in [2.45, 2.75) is 31.6 Å². The van der Waals surface area contributed by atoms with Gasteiger partial charge in [0.05, 0.1) is 18.4 Å². The number of halogens is 3. The monoisotopic (exact) mass is 350 g/mol. The van der Waals surface area contributed by atoms with Crippen molar-refractivity contribution in [1.29, 1.82) is 0 Å². The Bertz CT molecular complexity index is 832. The standard InChI is InChI=1S/C18H17F3N2O2/c1-18(20,21)14-8-10(9-22-17(14)25-2)11-6-7-12-13(16(11)23-24)4-3-5-15(12)19/h3-5,8-9,11,24H,6-7H2,1-2H3. The Hall–Kier alpha value is -2.57. The van der Waals surface area contributed by atoms with Crippen LogP contribution in [0.5, 0.6) is 5.88 Å². The summed E-state index contributed by atoms with van der Waals surface area (Å²) in [4.78, 5) is 3.97. The zero-order valence-corrected chi connectivity index (χ0v) is 13.8. The molecule has 0 amide bonds. The molecule has 1 aliphatic carbocycles. The summed E-state index contributed by atoms with van der Waals surface area (Å²) in [7, 11) is 1.28. The fraction of sp³-hybridized carbons (Fsp3) is 0.333. The van der Waals surface area contributed by atoms with E-state index in [0.717, 1.165) is 6.92 Å². The number of pyridine rings is 1. The van der Waals surface area contributed by atoms with Gasteiger partial charge in [0.25, 0.3) is 5.92 Å². The van der Waals surface area contributed by atoms with Crippen molar-refractivity contribution in [3.8, 4) is 5.88 Å². The zero-order valence-electron chi connectivity index (χ0n) is 13.8. The fourth-order valence-electron chi connectivity index (χ4n) is 3.25. The Labute approximate surface area is 143 Å². The molecule has 1 atom stereocenters. The van der Waals surface area contributed by atoms with E-state index in [-0.39, 0.29) is 23.0 Å². The van der Waals surface area contributed by atoms with Gasteiger partial charge in [-0.2, -0.15) is 0 Å². The van der Waals surface area contributed by atoms with Crippen molar-refractivity contribution in [3.63, 3.8) is 0 Å². The molecule has 1 aromatic carbocycles. The highest BCUT2D eigenvalue weighted by Crippen LogP contribution is 2.39. The molecule has 0 saturated carbocycles. The van der Waals surface area contributed by atoms with Gasteiger partial charge in [0.2, 0.25) is 5.88 Å². The average molecular weight is 350 g/mol. The van der Waals surface area contributed by atoms with Crippen molar-refractivity contribution < 1.29 is 23.1 Å². The topological polar surface area (TPSA) is 54.7 Å². The van der Waals surface area contributed by atoms with Crippen molar-refractivity contribution in [2.75, 3.05) is 7.11 Å². The number of oxime groups is 1. The van der Waals surface area contributed by atoms with Gasteiger partial charge in [0, 0.05) is 24.6 Å². The van der Waals surface area contributed by atoms with Crippen molar-refractivity contribution in [2.24, 2.45) is 5.16 Å². The van der Waals surface area contributed by atoms with E-state index in [1.807, 2.05) is 0 Å². The number of benzene rings is 1. The smallest absolute Gasteiger partial charge is 0.275 e. The molecule has 0 aliphatic heterocycles. The van der Waals surface area contributed by atoms with Crippen LogP contribution in [0.4, 0.5) is 13.2 Å². The molecule has 1 aliphatic rings. The molecule has 2 aromatic rings. The number of hydrogen-bond donors (Lipinski definition) is 1. The van der Waals surface area contributed by atoms with Gasteiger partial charge in [-0.1, -0.05) is 17.3 Å². The lowest BCUT2D eigenvalue weighted by Crippen LogP contribution is -2.24. The van der Waals surface area contributed by atoms with Gasteiger partial charge in [-0.15, -0.1) is 0 Å². The van der Waals surface area contributed by atoms with Crippen LogP contribution in [0.25, 0.3) is 0 Å². The summed E-state index contributed by atoms with van der Waals surface area (Å²) in [5.41, 5.74) is 1.33. The number of fused-ring (bicyclic) bond motifs is 1. The predicted octanol–water partition coefficient (Wildman–Crippen LogP) is 4.25. The molecule has 7 heteroatoms. The molecule has 1 N–H and O–H groups in total. The van der Waals surface area contributed by atoms with Crippen molar-refractivity contribution in [1.82, 2.24) is 4.98 Å². The molecular formula is C18H17F3N2O2. The Morgan fingerprint density at radius 3 is 2.76 bits per heavy atom. The maximum Gasteiger partial charge on any atom is 0.275 e. The maximum absolute atomic E-state index is 14.0. The molecule has 25 heavy (non-hydrogen) atoms. The summed E-state index contributed by atoms with van der Waals surface area (Å²) in [6, 6.07) is 5.84. The highest BCUT2D eigenvalue weighted by atomic mass is 19.3. The van der Waals surface area contributed by atoms with Gasteiger partial charge in [0.1, 0.15) is 5.82 Å². The molecular weight excluding hydrogens is 333 g/mol. The number of aromatic nitrogens is 1. The molecule has 132 valence electrons. The predicted molar refractivity (Wildman–Crippen MR) is 86.1 cm³/mol. The van der Waals surface area contributed by atoms with Crippen molar-refractivity contribution >= 4 is 5.71 Å². The fourth-order valence-corrected chi connectivity index (χ4v) is 3.25. The van der Waals surface area contributed by atoms with Gasteiger partial charge in [-0.05, 0) is 36.1 Å². The van der Waals surface area contributed by atoms with E-state index in [1.165, 1.54) is 31.5 Å². The SMILES string of the molecule is COc1ncc(C2CCc3c(F)cccc3C2=NO)cc1C(C)(F)F. The average Bonchev–Trinajstić information content (AvgIpc) is 2.59. The van der Waals surface area contributed by atoms with Crippen LogP contribution < -0.4 is 4.74 Å². The number of alkyl halides is 2. The minimum atomic E-state index is -3.14. The summed E-state index contributed by atoms with van der Waals surface area (Å²) in [5, 5.41) is 12.8. The Kier molecular flexibility index (Phi) is 4.41. The van der Waals surface area contributed by atoms with Gasteiger partial charge >= 0.3 is 0 Å². The van der Waals surface area contributed by atoms with E-state index >= 15 is 0 Å². The molecule has 0 spiro atoms. The third kappa shape index (κ3) is 3.06. The Morgan fingerprint density at radius 2 is 2.12 bits per heavy atom. The van der Waals surface area contributed by atoms with Gasteiger partial charge in [-0.25, -0.2) is 18.2 Å². The molecule has 0 radical (unpaired) electrons. The first-order chi connectivity index (χ1) is 11.9. The first kappa shape index (κ1) is 17.3. The molecule has 0 bridgehead atoms. The van der Waals surface area contributed by atoms with Crippen LogP contribution in [0, 0.1) is 5.82 Å². The molecule has 1 unspecified atom stereocenters. The van der Waals surface area contributed by atoms with E-state index in [0.29, 0.717) is 29.5 Å². The lowest BCUT2D eigenvalue weighted by molar-refractivity contribution is 0.0143. The second kappa shape index (κ2) is 6.38. The van der Waals surface area contributed by atoms with Crippen LogP contribution in [-0.2, 0) is 12.3 Å². The van der Waals surface area contributed by atoms with Gasteiger partial charge in [0.15, 0.2) is 0 Å². The molecule has 1 aromatic heterocycles. The normalized spacial score (nSPS) is 18.9. The van der Waals surface area contributed by atoms with E-state index < -0.39 is 11.8 Å². The maximum atomic E-state index is 14.0. The lowest BCUT2D eigenvalue weighted by atomic mass is 9.78. The first-order valence-electron chi connectivity index (χ1n) is 7.78. The number of methoxy groups -OCH3 is 1. The minimum Gasteiger partial charge on any atom is -0.481 e. The number of hydrogen-bond acceptors (Lipinski definition) is 4. The van der Waals surface area contributed by atoms with E-state index in [4.69, 9.17) is 4.74 Å². The second-order valence-electron chi connectivity index (χ2n) is 6.06. The number of rotatable bonds is 3. The van der Waals surface area contributed by atoms with Crippen LogP contribution in [0.1, 0.15) is 41.5 Å². The summed E-state index contributed by atoms with van der Waals surface area (Å²) in [5.74, 6) is -4.12. The first-order valence-corrected chi connectivity index (χ1v) is 7.78. The molecule has 3 rings (SSSR count). The van der Waals surface area contributed by atoms with E-state index in [1.54, 1.807) is 6.07 Å². The van der Waals surface area contributed by atoms with E-state index in [9.17, 15) is 18.4 Å². The third-order valence-corrected chi connectivity index (χ3v) is 4.46. The minimum absolute atomic E-state index is 0.152. The van der Waals surface area contributed by atoms with Gasteiger partial charge in [-0.3, -0.25) is 0 Å². The highest BCUT2D eigenvalue weighted by molar-refractivity contribution is 6.06. The quantitative estimate of drug-likeness (QED) is 0.665. The molecule has 4 nitrogen and oxygen atoms in total. The molecule has 1 heterocycles. The van der Waals surface area contributed by atoms with Crippen LogP contribution in [0.2, 0.25) is 0 Å². The van der Waals surface area contributed by atoms with Crippen LogP contribution >= 0.6 is 0 Å². The molecule has 0 fully saturated rings. The lowest BCUT2D eigenvalue weighted by Gasteiger charge is -2.27. The summed E-state index contributed by atoms with van der Waals surface area (Å²) in [6.07, 6.45) is 2.26. The van der Waals surface area contributed by atoms with Crippen LogP contribution in [-0.4, -0.2) is 23.0 Å².